The first kappa shape index (κ1) is 11.7. The maximum absolute atomic E-state index is 5.61. The van der Waals surface area contributed by atoms with E-state index in [0.29, 0.717) is 0 Å². The van der Waals surface area contributed by atoms with E-state index in [-0.39, 0.29) is 5.41 Å². The summed E-state index contributed by atoms with van der Waals surface area (Å²) in [5.41, 5.74) is 1.45. The summed E-state index contributed by atoms with van der Waals surface area (Å²) in [6.45, 7) is 11.2. The Balaban J connectivity index is 1.97. The van der Waals surface area contributed by atoms with Crippen LogP contribution < -0.4 is 0 Å². The Labute approximate surface area is 97.4 Å². The van der Waals surface area contributed by atoms with Crippen LogP contribution in [0.4, 0.5) is 0 Å². The molecule has 0 unspecified atom stereocenters. The Morgan fingerprint density at radius 1 is 1.25 bits per heavy atom. The third-order valence-electron chi connectivity index (χ3n) is 3.00. The highest BCUT2D eigenvalue weighted by molar-refractivity contribution is 5.20. The van der Waals surface area contributed by atoms with Crippen molar-refractivity contribution in [3.05, 3.63) is 23.7 Å². The molecular formula is C13H21NO2. The minimum absolute atomic E-state index is 0.173. The molecule has 0 bridgehead atoms. The van der Waals surface area contributed by atoms with Crippen LogP contribution in [0.3, 0.4) is 0 Å². The second-order valence-corrected chi connectivity index (χ2v) is 5.44. The van der Waals surface area contributed by atoms with Crippen molar-refractivity contribution in [2.24, 2.45) is 0 Å². The summed E-state index contributed by atoms with van der Waals surface area (Å²) in [7, 11) is 0. The second kappa shape index (κ2) is 4.60. The van der Waals surface area contributed by atoms with Crippen molar-refractivity contribution >= 4 is 0 Å². The summed E-state index contributed by atoms with van der Waals surface area (Å²) < 4.78 is 10.9. The first-order valence-corrected chi connectivity index (χ1v) is 5.94. The number of hydrogen-bond acceptors (Lipinski definition) is 3. The van der Waals surface area contributed by atoms with Crippen LogP contribution in [0.2, 0.25) is 0 Å². The van der Waals surface area contributed by atoms with E-state index in [0.717, 1.165) is 38.6 Å². The van der Waals surface area contributed by atoms with Gasteiger partial charge in [-0.15, -0.1) is 0 Å². The van der Waals surface area contributed by atoms with Crippen LogP contribution in [0.5, 0.6) is 0 Å². The molecule has 90 valence electrons. The standard InChI is InChI=1S/C13H21NO2/c1-13(2,3)11-8-12(16-10-11)9-14-4-6-15-7-5-14/h8,10H,4-7,9H2,1-3H3. The molecule has 3 nitrogen and oxygen atoms in total. The number of morpholine rings is 1. The predicted molar refractivity (Wildman–Crippen MR) is 63.5 cm³/mol. The Morgan fingerprint density at radius 3 is 2.50 bits per heavy atom. The molecule has 1 aromatic heterocycles. The largest absolute Gasteiger partial charge is 0.468 e. The highest BCUT2D eigenvalue weighted by Gasteiger charge is 2.18. The van der Waals surface area contributed by atoms with E-state index in [4.69, 9.17) is 9.15 Å². The van der Waals surface area contributed by atoms with E-state index in [9.17, 15) is 0 Å². The number of ether oxygens (including phenoxy) is 1. The van der Waals surface area contributed by atoms with Crippen LogP contribution in [-0.2, 0) is 16.7 Å². The van der Waals surface area contributed by atoms with Crippen LogP contribution in [-0.4, -0.2) is 31.2 Å². The minimum atomic E-state index is 0.173. The summed E-state index contributed by atoms with van der Waals surface area (Å²) in [4.78, 5) is 2.37. The fourth-order valence-electron chi connectivity index (χ4n) is 1.84. The third kappa shape index (κ3) is 2.86. The zero-order valence-electron chi connectivity index (χ0n) is 10.5. The van der Waals surface area contributed by atoms with Crippen molar-refractivity contribution in [1.29, 1.82) is 0 Å². The molecule has 16 heavy (non-hydrogen) atoms. The number of furan rings is 1. The van der Waals surface area contributed by atoms with Crippen molar-refractivity contribution in [2.75, 3.05) is 26.3 Å². The lowest BCUT2D eigenvalue weighted by atomic mass is 9.89. The lowest BCUT2D eigenvalue weighted by Crippen LogP contribution is -2.35. The fourth-order valence-corrected chi connectivity index (χ4v) is 1.84. The number of rotatable bonds is 2. The number of hydrogen-bond donors (Lipinski definition) is 0. The van der Waals surface area contributed by atoms with E-state index in [1.807, 2.05) is 6.26 Å². The van der Waals surface area contributed by atoms with Gasteiger partial charge in [0.25, 0.3) is 0 Å². The molecule has 0 amide bonds. The van der Waals surface area contributed by atoms with Gasteiger partial charge in [-0.05, 0) is 17.0 Å². The fraction of sp³-hybridized carbons (Fsp3) is 0.692. The lowest BCUT2D eigenvalue weighted by molar-refractivity contribution is 0.0313. The molecule has 0 aliphatic carbocycles. The zero-order chi connectivity index (χ0) is 11.6. The van der Waals surface area contributed by atoms with Crippen molar-refractivity contribution < 1.29 is 9.15 Å². The van der Waals surface area contributed by atoms with Gasteiger partial charge in [-0.1, -0.05) is 20.8 Å². The van der Waals surface area contributed by atoms with Crippen LogP contribution >= 0.6 is 0 Å². The molecule has 1 saturated heterocycles. The summed E-state index contributed by atoms with van der Waals surface area (Å²) in [5.74, 6) is 1.06. The monoisotopic (exact) mass is 223 g/mol. The highest BCUT2D eigenvalue weighted by Crippen LogP contribution is 2.24. The van der Waals surface area contributed by atoms with Crippen LogP contribution in [0.1, 0.15) is 32.1 Å². The van der Waals surface area contributed by atoms with Gasteiger partial charge in [-0.3, -0.25) is 4.90 Å². The minimum Gasteiger partial charge on any atom is -0.468 e. The highest BCUT2D eigenvalue weighted by atomic mass is 16.5. The Morgan fingerprint density at radius 2 is 1.94 bits per heavy atom. The van der Waals surface area contributed by atoms with Crippen molar-refractivity contribution in [1.82, 2.24) is 4.90 Å². The average molecular weight is 223 g/mol. The molecule has 2 rings (SSSR count). The van der Waals surface area contributed by atoms with Gasteiger partial charge >= 0.3 is 0 Å². The summed E-state index contributed by atoms with van der Waals surface area (Å²) in [6, 6.07) is 2.18. The molecular weight excluding hydrogens is 202 g/mol. The zero-order valence-corrected chi connectivity index (χ0v) is 10.5. The molecule has 3 heteroatoms. The molecule has 2 heterocycles. The van der Waals surface area contributed by atoms with Crippen molar-refractivity contribution in [3.8, 4) is 0 Å². The van der Waals surface area contributed by atoms with Crippen LogP contribution in [0.15, 0.2) is 16.7 Å². The molecule has 1 aliphatic rings. The predicted octanol–water partition coefficient (Wildman–Crippen LogP) is 2.41. The first-order valence-electron chi connectivity index (χ1n) is 5.94. The van der Waals surface area contributed by atoms with Gasteiger partial charge in [0.15, 0.2) is 0 Å². The van der Waals surface area contributed by atoms with Gasteiger partial charge in [0.05, 0.1) is 26.0 Å². The van der Waals surface area contributed by atoms with E-state index in [1.54, 1.807) is 0 Å². The van der Waals surface area contributed by atoms with E-state index in [2.05, 4.69) is 31.7 Å². The normalized spacial score (nSPS) is 18.9. The molecule has 0 radical (unpaired) electrons. The SMILES string of the molecule is CC(C)(C)c1coc(CN2CCOCC2)c1. The Bertz CT molecular complexity index is 332. The van der Waals surface area contributed by atoms with Gasteiger partial charge in [0.1, 0.15) is 5.76 Å². The molecule has 1 aromatic rings. The van der Waals surface area contributed by atoms with Crippen LogP contribution in [0, 0.1) is 0 Å². The maximum Gasteiger partial charge on any atom is 0.118 e. The van der Waals surface area contributed by atoms with Gasteiger partial charge in [-0.2, -0.15) is 0 Å². The Kier molecular flexibility index (Phi) is 3.36. The molecule has 0 atom stereocenters. The van der Waals surface area contributed by atoms with E-state index in [1.165, 1.54) is 5.56 Å². The molecule has 0 saturated carbocycles. The summed E-state index contributed by atoms with van der Waals surface area (Å²) >= 11 is 0. The molecule has 0 spiro atoms. The molecule has 1 aliphatic heterocycles. The average Bonchev–Trinajstić information content (AvgIpc) is 2.67. The maximum atomic E-state index is 5.61. The van der Waals surface area contributed by atoms with Gasteiger partial charge in [-0.25, -0.2) is 0 Å². The molecule has 0 aromatic carbocycles. The van der Waals surface area contributed by atoms with Gasteiger partial charge < -0.3 is 9.15 Å². The smallest absolute Gasteiger partial charge is 0.118 e. The third-order valence-corrected chi connectivity index (χ3v) is 3.00. The quantitative estimate of drug-likeness (QED) is 0.770. The van der Waals surface area contributed by atoms with Gasteiger partial charge in [0.2, 0.25) is 0 Å². The van der Waals surface area contributed by atoms with Crippen molar-refractivity contribution in [2.45, 2.75) is 32.7 Å². The van der Waals surface area contributed by atoms with E-state index >= 15 is 0 Å². The summed E-state index contributed by atoms with van der Waals surface area (Å²) in [6.07, 6.45) is 1.88. The van der Waals surface area contributed by atoms with E-state index < -0.39 is 0 Å². The lowest BCUT2D eigenvalue weighted by Gasteiger charge is -2.25. The first-order chi connectivity index (χ1) is 7.55. The topological polar surface area (TPSA) is 25.6 Å². The molecule has 0 N–H and O–H groups in total. The van der Waals surface area contributed by atoms with Crippen molar-refractivity contribution in [3.63, 3.8) is 0 Å². The summed E-state index contributed by atoms with van der Waals surface area (Å²) in [5, 5.41) is 0. The van der Waals surface area contributed by atoms with Gasteiger partial charge in [0, 0.05) is 13.1 Å². The Hall–Kier alpha value is -0.800. The number of nitrogens with zero attached hydrogens (tertiary/aromatic N) is 1. The van der Waals surface area contributed by atoms with Crippen LogP contribution in [0.25, 0.3) is 0 Å². The second-order valence-electron chi connectivity index (χ2n) is 5.44. The molecule has 1 fully saturated rings.